The number of carbonyl (C=O) groups excluding carboxylic acids is 2. The second-order valence-corrected chi connectivity index (χ2v) is 6.23. The third-order valence-electron chi connectivity index (χ3n) is 4.67. The van der Waals surface area contributed by atoms with Gasteiger partial charge in [0, 0.05) is 12.2 Å². The number of para-hydroxylation sites is 1. The number of amides is 2. The number of nitrogens with zero attached hydrogens (tertiary/aromatic N) is 1. The molecule has 0 spiro atoms. The van der Waals surface area contributed by atoms with Crippen LogP contribution in [0.2, 0.25) is 0 Å². The molecule has 1 unspecified atom stereocenters. The topological polar surface area (TPSA) is 69.6 Å². The highest BCUT2D eigenvalue weighted by Gasteiger charge is 2.41. The molecule has 1 aliphatic carbocycles. The molecule has 5 heteroatoms. The van der Waals surface area contributed by atoms with E-state index in [2.05, 4.69) is 5.32 Å². The first-order chi connectivity index (χ1) is 10.6. The van der Waals surface area contributed by atoms with E-state index in [4.69, 9.17) is 0 Å². The van der Waals surface area contributed by atoms with E-state index in [1.54, 1.807) is 4.90 Å². The van der Waals surface area contributed by atoms with Crippen LogP contribution in [0.5, 0.6) is 0 Å². The Labute approximate surface area is 130 Å². The molecule has 1 aromatic carbocycles. The van der Waals surface area contributed by atoms with E-state index >= 15 is 0 Å². The lowest BCUT2D eigenvalue weighted by Gasteiger charge is -2.34. The molecule has 1 atom stereocenters. The fourth-order valence-electron chi connectivity index (χ4n) is 3.35. The summed E-state index contributed by atoms with van der Waals surface area (Å²) in [6.45, 7) is 0.666. The van der Waals surface area contributed by atoms with Crippen LogP contribution in [0.4, 0.5) is 5.69 Å². The van der Waals surface area contributed by atoms with Crippen LogP contribution in [0.25, 0.3) is 0 Å². The number of piperidine rings is 1. The molecule has 0 bridgehead atoms. The SMILES string of the molecule is O=C1C(NC(=O)C2(O)CCCC2)CCCN1c1ccccc1. The zero-order valence-corrected chi connectivity index (χ0v) is 12.6. The highest BCUT2D eigenvalue weighted by molar-refractivity contribution is 6.00. The van der Waals surface area contributed by atoms with E-state index in [-0.39, 0.29) is 5.91 Å². The van der Waals surface area contributed by atoms with Crippen LogP contribution in [-0.2, 0) is 9.59 Å². The van der Waals surface area contributed by atoms with Crippen molar-refractivity contribution in [2.75, 3.05) is 11.4 Å². The molecule has 3 rings (SSSR count). The first-order valence-corrected chi connectivity index (χ1v) is 8.00. The van der Waals surface area contributed by atoms with Gasteiger partial charge in [-0.1, -0.05) is 18.2 Å². The van der Waals surface area contributed by atoms with Gasteiger partial charge in [0.1, 0.15) is 11.6 Å². The third-order valence-corrected chi connectivity index (χ3v) is 4.67. The lowest BCUT2D eigenvalue weighted by molar-refractivity contribution is -0.142. The van der Waals surface area contributed by atoms with E-state index < -0.39 is 17.6 Å². The van der Waals surface area contributed by atoms with Gasteiger partial charge in [0.05, 0.1) is 0 Å². The van der Waals surface area contributed by atoms with Gasteiger partial charge < -0.3 is 15.3 Å². The van der Waals surface area contributed by atoms with Crippen LogP contribution in [-0.4, -0.2) is 35.1 Å². The highest BCUT2D eigenvalue weighted by atomic mass is 16.3. The lowest BCUT2D eigenvalue weighted by Crippen LogP contribution is -2.56. The van der Waals surface area contributed by atoms with Crippen LogP contribution < -0.4 is 10.2 Å². The summed E-state index contributed by atoms with van der Waals surface area (Å²) in [7, 11) is 0. The smallest absolute Gasteiger partial charge is 0.252 e. The van der Waals surface area contributed by atoms with E-state index in [1.807, 2.05) is 30.3 Å². The van der Waals surface area contributed by atoms with Crippen molar-refractivity contribution in [3.05, 3.63) is 30.3 Å². The predicted molar refractivity (Wildman–Crippen MR) is 83.4 cm³/mol. The Balaban J connectivity index is 1.69. The van der Waals surface area contributed by atoms with Crippen LogP contribution >= 0.6 is 0 Å². The normalized spacial score (nSPS) is 24.3. The zero-order chi connectivity index (χ0) is 15.6. The molecule has 1 aliphatic heterocycles. The van der Waals surface area contributed by atoms with Gasteiger partial charge in [-0.05, 0) is 50.7 Å². The molecule has 1 heterocycles. The minimum Gasteiger partial charge on any atom is -0.380 e. The number of aliphatic hydroxyl groups is 1. The van der Waals surface area contributed by atoms with E-state index in [0.29, 0.717) is 25.8 Å². The van der Waals surface area contributed by atoms with Crippen LogP contribution in [0.15, 0.2) is 30.3 Å². The van der Waals surface area contributed by atoms with Gasteiger partial charge >= 0.3 is 0 Å². The molecule has 2 amide bonds. The molecule has 2 N–H and O–H groups in total. The predicted octanol–water partition coefficient (Wildman–Crippen LogP) is 1.60. The second kappa shape index (κ2) is 6.08. The summed E-state index contributed by atoms with van der Waals surface area (Å²) >= 11 is 0. The maximum atomic E-state index is 12.6. The molecule has 2 fully saturated rings. The van der Waals surface area contributed by atoms with Crippen LogP contribution in [0.3, 0.4) is 0 Å². The summed E-state index contributed by atoms with van der Waals surface area (Å²) in [6, 6.07) is 8.95. The molecule has 0 radical (unpaired) electrons. The Morgan fingerprint density at radius 3 is 2.55 bits per heavy atom. The number of nitrogens with one attached hydrogen (secondary N) is 1. The maximum Gasteiger partial charge on any atom is 0.252 e. The van der Waals surface area contributed by atoms with Crippen molar-refractivity contribution in [1.29, 1.82) is 0 Å². The molecule has 1 aromatic rings. The Hall–Kier alpha value is -1.88. The van der Waals surface area contributed by atoms with Gasteiger partial charge in [0.2, 0.25) is 5.91 Å². The average Bonchev–Trinajstić information content (AvgIpc) is 2.98. The standard InChI is InChI=1S/C17H22N2O3/c20-15-14(18-16(21)17(22)10-4-5-11-17)9-6-12-19(15)13-7-2-1-3-8-13/h1-3,7-8,14,22H,4-6,9-12H2,(H,18,21). The minimum atomic E-state index is -1.28. The Kier molecular flexibility index (Phi) is 4.16. The Morgan fingerprint density at radius 1 is 1.18 bits per heavy atom. The number of hydrogen-bond acceptors (Lipinski definition) is 3. The van der Waals surface area contributed by atoms with Gasteiger partial charge in [-0.15, -0.1) is 0 Å². The molecular weight excluding hydrogens is 280 g/mol. The first kappa shape index (κ1) is 15.0. The van der Waals surface area contributed by atoms with Gasteiger partial charge in [0.15, 0.2) is 0 Å². The van der Waals surface area contributed by atoms with Gasteiger partial charge in [-0.2, -0.15) is 0 Å². The fraction of sp³-hybridized carbons (Fsp3) is 0.529. The summed E-state index contributed by atoms with van der Waals surface area (Å²) in [5.74, 6) is -0.481. The molecule has 2 aliphatic rings. The first-order valence-electron chi connectivity index (χ1n) is 8.00. The van der Waals surface area contributed by atoms with E-state index in [9.17, 15) is 14.7 Å². The summed E-state index contributed by atoms with van der Waals surface area (Å²) in [6.07, 6.45) is 4.16. The van der Waals surface area contributed by atoms with Gasteiger partial charge in [0.25, 0.3) is 5.91 Å². The third kappa shape index (κ3) is 2.86. The number of anilines is 1. The van der Waals surface area contributed by atoms with Crippen molar-refractivity contribution in [2.45, 2.75) is 50.2 Å². The summed E-state index contributed by atoms with van der Waals surface area (Å²) < 4.78 is 0. The van der Waals surface area contributed by atoms with Crippen molar-refractivity contribution < 1.29 is 14.7 Å². The van der Waals surface area contributed by atoms with Crippen molar-refractivity contribution >= 4 is 17.5 Å². The molecule has 0 aromatic heterocycles. The largest absolute Gasteiger partial charge is 0.380 e. The Bertz CT molecular complexity index is 552. The molecular formula is C17H22N2O3. The minimum absolute atomic E-state index is 0.0904. The van der Waals surface area contributed by atoms with Crippen molar-refractivity contribution in [1.82, 2.24) is 5.32 Å². The quantitative estimate of drug-likeness (QED) is 0.891. The molecule has 118 valence electrons. The van der Waals surface area contributed by atoms with E-state index in [1.165, 1.54) is 0 Å². The maximum absolute atomic E-state index is 12.6. The van der Waals surface area contributed by atoms with Gasteiger partial charge in [-0.25, -0.2) is 0 Å². The number of hydrogen-bond donors (Lipinski definition) is 2. The number of rotatable bonds is 3. The monoisotopic (exact) mass is 302 g/mol. The number of benzene rings is 1. The fourth-order valence-corrected chi connectivity index (χ4v) is 3.35. The van der Waals surface area contributed by atoms with Crippen molar-refractivity contribution in [2.24, 2.45) is 0 Å². The highest BCUT2D eigenvalue weighted by Crippen LogP contribution is 2.30. The average molecular weight is 302 g/mol. The van der Waals surface area contributed by atoms with Crippen molar-refractivity contribution in [3.8, 4) is 0 Å². The zero-order valence-electron chi connectivity index (χ0n) is 12.6. The van der Waals surface area contributed by atoms with Crippen molar-refractivity contribution in [3.63, 3.8) is 0 Å². The molecule has 1 saturated heterocycles. The number of carbonyl (C=O) groups is 2. The molecule has 1 saturated carbocycles. The van der Waals surface area contributed by atoms with Gasteiger partial charge in [-0.3, -0.25) is 9.59 Å². The molecule has 22 heavy (non-hydrogen) atoms. The summed E-state index contributed by atoms with van der Waals surface area (Å²) in [4.78, 5) is 26.6. The van der Waals surface area contributed by atoms with Crippen LogP contribution in [0.1, 0.15) is 38.5 Å². The lowest BCUT2D eigenvalue weighted by atomic mass is 9.98. The second-order valence-electron chi connectivity index (χ2n) is 6.23. The van der Waals surface area contributed by atoms with E-state index in [0.717, 1.165) is 24.9 Å². The summed E-state index contributed by atoms with van der Waals surface area (Å²) in [5, 5.41) is 13.1. The van der Waals surface area contributed by atoms with Crippen LogP contribution in [0, 0.1) is 0 Å². The Morgan fingerprint density at radius 2 is 1.86 bits per heavy atom. The molecule has 5 nitrogen and oxygen atoms in total. The summed E-state index contributed by atoms with van der Waals surface area (Å²) in [5.41, 5.74) is -0.430.